The summed E-state index contributed by atoms with van der Waals surface area (Å²) in [6, 6.07) is 21.7. The number of fused-ring (bicyclic) bond motifs is 4. The van der Waals surface area contributed by atoms with Gasteiger partial charge in [-0.2, -0.15) is 0 Å². The maximum Gasteiger partial charge on any atom is 0.253 e. The van der Waals surface area contributed by atoms with Gasteiger partial charge < -0.3 is 9.80 Å². The van der Waals surface area contributed by atoms with Crippen molar-refractivity contribution >= 4 is 104 Å². The predicted octanol–water partition coefficient (Wildman–Crippen LogP) is 16.5. The van der Waals surface area contributed by atoms with Crippen LogP contribution in [0.5, 0.6) is 0 Å². The highest BCUT2D eigenvalue weighted by Crippen LogP contribution is 2.37. The summed E-state index contributed by atoms with van der Waals surface area (Å²) in [5, 5.41) is 0. The lowest BCUT2D eigenvalue weighted by Gasteiger charge is -2.32. The fourth-order valence-electron chi connectivity index (χ4n) is 14.8. The normalized spacial score (nSPS) is 18.1. The van der Waals surface area contributed by atoms with Crippen molar-refractivity contribution < 1.29 is 47.9 Å². The average Bonchev–Trinajstić information content (AvgIpc) is 1.79. The van der Waals surface area contributed by atoms with Gasteiger partial charge in [-0.1, -0.05) is 12.1 Å². The van der Waals surface area contributed by atoms with Crippen molar-refractivity contribution in [3.05, 3.63) is 201 Å². The van der Waals surface area contributed by atoms with Crippen LogP contribution in [0.4, 0.5) is 22.7 Å². The molecule has 544 valence electrons. The number of hydrogen-bond donors (Lipinski definition) is 0. The van der Waals surface area contributed by atoms with Crippen LogP contribution in [0.3, 0.4) is 0 Å². The van der Waals surface area contributed by atoms with Gasteiger partial charge in [0.2, 0.25) is 0 Å². The molecule has 0 N–H and O–H groups in total. The van der Waals surface area contributed by atoms with Gasteiger partial charge in [0.25, 0.3) is 5.91 Å². The van der Waals surface area contributed by atoms with Crippen LogP contribution in [-0.2, 0) is 64.0 Å². The molecule has 4 aromatic rings. The first-order chi connectivity index (χ1) is 49.9. The molecule has 1 fully saturated rings. The molecule has 5 aliphatic heterocycles. The van der Waals surface area contributed by atoms with Gasteiger partial charge in [0, 0.05) is 181 Å². The molecule has 1 saturated heterocycles. The number of ketones is 9. The van der Waals surface area contributed by atoms with Crippen LogP contribution >= 0.6 is 0 Å². The molecule has 1 aromatic heterocycles. The number of piperazine rings is 1. The van der Waals surface area contributed by atoms with Gasteiger partial charge >= 0.3 is 0 Å². The van der Waals surface area contributed by atoms with Crippen molar-refractivity contribution in [2.24, 2.45) is 20.0 Å². The maximum atomic E-state index is 12.9. The second-order valence-corrected chi connectivity index (χ2v) is 29.3. The number of benzene rings is 3. The molecule has 17 nitrogen and oxygen atoms in total. The highest BCUT2D eigenvalue weighted by Gasteiger charge is 2.33. The molecule has 0 unspecified atom stereocenters. The standard InChI is InChI=1S/C26H31N3O3.C22H23NO3.C21H23NO2.C19H20N2O2/c1-16-17(2)25(31)22(18(3)24(16)30)7-5-6-21-15-20-14-19(8-9-23(20)27-21)26(32)29-12-10-28(4)11-13-29;1-12-13(2)22(26)19(14(3)21(12)25)7-5-6-18-11-17-10-16(15(4)24)8-9-20(17)23-18;1-12-8-9-16-11-17(22-19(16)10-12)6-5-7-18-15(4)20(23)13(2)14(3)21(18)24;1-11-12(2)19(23)15(13(3)18(11)22)7-4-6-14-10-17-16(21-14)8-5-9-20-17/h8-9,14H,5-7,10-13,15H2,1-4H3;8-10H,5-7,11H2,1-4H3;8-10H,5-7,11H2,1-4H3;5,8-9H,4,6-7,10H2,1-3H3. The number of aromatic nitrogens is 1. The number of hydrogen-bond acceptors (Lipinski definition) is 16. The lowest BCUT2D eigenvalue weighted by atomic mass is 9.84. The zero-order chi connectivity index (χ0) is 76.0. The topological polar surface area (TPSA) is 240 Å². The monoisotopic (exact) mass is 1410 g/mol. The average molecular weight is 1410 g/mol. The Kier molecular flexibility index (Phi) is 24.6. The summed E-state index contributed by atoms with van der Waals surface area (Å²) < 4.78 is 0. The van der Waals surface area contributed by atoms with Crippen LogP contribution in [0.2, 0.25) is 0 Å². The van der Waals surface area contributed by atoms with E-state index in [-0.39, 0.29) is 58.0 Å². The number of rotatable bonds is 18. The van der Waals surface area contributed by atoms with E-state index in [0.29, 0.717) is 120 Å². The fraction of sp³-hybridized carbons (Fsp3) is 0.398. The van der Waals surface area contributed by atoms with Crippen molar-refractivity contribution in [1.82, 2.24) is 14.8 Å². The first-order valence-electron chi connectivity index (χ1n) is 36.8. The van der Waals surface area contributed by atoms with E-state index in [1.54, 1.807) is 96.2 Å². The Balaban J connectivity index is 0.000000151. The third-order valence-corrected chi connectivity index (χ3v) is 22.2. The number of carbonyl (C=O) groups is 10. The molecule has 1 amide bonds. The van der Waals surface area contributed by atoms with Crippen LogP contribution in [0, 0.1) is 6.92 Å². The molecule has 9 aliphatic rings. The van der Waals surface area contributed by atoms with E-state index in [2.05, 4.69) is 52.0 Å². The van der Waals surface area contributed by atoms with E-state index in [4.69, 9.17) is 9.98 Å². The van der Waals surface area contributed by atoms with Crippen LogP contribution in [0.25, 0.3) is 0 Å². The van der Waals surface area contributed by atoms with Crippen molar-refractivity contribution in [3.63, 3.8) is 0 Å². The van der Waals surface area contributed by atoms with Crippen LogP contribution < -0.4 is 0 Å². The van der Waals surface area contributed by atoms with Gasteiger partial charge in [-0.3, -0.25) is 72.9 Å². The van der Waals surface area contributed by atoms with E-state index in [1.165, 1.54) is 16.8 Å². The Hall–Kier alpha value is -10.1. The minimum atomic E-state index is -0.0144. The molecule has 0 spiro atoms. The number of aryl methyl sites for hydroxylation is 1. The SMILES string of the molecule is CC(=O)c1ccc2c(c1)CC(CCCC1=C(C)C(=O)C(C)=C(C)C1=O)=N2.CC1=C(C)C(=O)C(CCCC2=Nc3cc(C)ccc3C2)=C(C)C1=O.CC1=C(C)C(=O)C(CCCC2=Nc3ccc(C(=O)N4CCN(C)CC4)cc3C2)=C(C)C1=O.CC1=C(C)C(=O)C(CCCC2=Nc3cccnc3C2)=C(C)C1=O. The molecule has 0 atom stereocenters. The maximum absolute atomic E-state index is 12.9. The van der Waals surface area contributed by atoms with E-state index >= 15 is 0 Å². The Morgan fingerprint density at radius 2 is 0.705 bits per heavy atom. The van der Waals surface area contributed by atoms with Crippen LogP contribution in [-0.4, -0.2) is 129 Å². The highest BCUT2D eigenvalue weighted by molar-refractivity contribution is 6.27. The number of Topliss-reactive ketones (excluding diaryl/α,β-unsaturated/α-hetero) is 9. The van der Waals surface area contributed by atoms with E-state index in [0.717, 1.165) is 165 Å². The lowest BCUT2D eigenvalue weighted by molar-refractivity contribution is -0.116. The Labute approximate surface area is 617 Å². The number of allylic oxidation sites excluding steroid dienone is 16. The third-order valence-electron chi connectivity index (χ3n) is 22.2. The van der Waals surface area contributed by atoms with E-state index < -0.39 is 0 Å². The zero-order valence-corrected chi connectivity index (χ0v) is 63.8. The Bertz CT molecular complexity index is 4850. The smallest absolute Gasteiger partial charge is 0.253 e. The minimum absolute atomic E-state index is 0.00217. The molecule has 3 aromatic carbocycles. The summed E-state index contributed by atoms with van der Waals surface area (Å²) in [5.41, 5.74) is 25.1. The van der Waals surface area contributed by atoms with Crippen molar-refractivity contribution in [2.75, 3.05) is 33.2 Å². The molecule has 4 aliphatic carbocycles. The summed E-state index contributed by atoms with van der Waals surface area (Å²) in [5.74, 6) is 0.217. The Morgan fingerprint density at radius 3 is 1.10 bits per heavy atom. The number of nitrogens with zero attached hydrogens (tertiary/aromatic N) is 7. The van der Waals surface area contributed by atoms with Gasteiger partial charge in [-0.05, 0) is 258 Å². The second-order valence-electron chi connectivity index (χ2n) is 29.3. The quantitative estimate of drug-likeness (QED) is 0.0667. The van der Waals surface area contributed by atoms with Gasteiger partial charge in [0.05, 0.1) is 28.4 Å². The summed E-state index contributed by atoms with van der Waals surface area (Å²) in [6.07, 6.45) is 13.9. The molecule has 13 rings (SSSR count). The molecule has 6 heterocycles. The number of carbonyl (C=O) groups excluding carboxylic acids is 10. The number of likely N-dealkylation sites (N-methyl/N-ethyl adjacent to an activating group) is 1. The number of pyridine rings is 1. The number of aliphatic imine (C=N–C) groups is 4. The summed E-state index contributed by atoms with van der Waals surface area (Å²) in [6.45, 7) is 27.9. The summed E-state index contributed by atoms with van der Waals surface area (Å²) in [4.78, 5) is 150. The Morgan fingerprint density at radius 1 is 0.352 bits per heavy atom. The van der Waals surface area contributed by atoms with Crippen LogP contribution in [0.15, 0.2) is 182 Å². The van der Waals surface area contributed by atoms with Crippen molar-refractivity contribution in [3.8, 4) is 0 Å². The zero-order valence-electron chi connectivity index (χ0n) is 63.8. The number of amides is 1. The highest BCUT2D eigenvalue weighted by atomic mass is 16.2. The molecule has 0 saturated carbocycles. The lowest BCUT2D eigenvalue weighted by Crippen LogP contribution is -2.47. The van der Waals surface area contributed by atoms with Crippen molar-refractivity contribution in [2.45, 2.75) is 200 Å². The second kappa shape index (κ2) is 33.3. The van der Waals surface area contributed by atoms with E-state index in [1.807, 2.05) is 53.4 Å². The first kappa shape index (κ1) is 77.5. The fourth-order valence-corrected chi connectivity index (χ4v) is 14.8. The molecule has 105 heavy (non-hydrogen) atoms. The molecule has 0 radical (unpaired) electrons. The first-order valence-corrected chi connectivity index (χ1v) is 36.8. The molecular weight excluding hydrogens is 1320 g/mol. The van der Waals surface area contributed by atoms with Crippen LogP contribution in [0.1, 0.15) is 216 Å². The summed E-state index contributed by atoms with van der Waals surface area (Å²) in [7, 11) is 2.08. The molecular formula is C88H97N7O10. The van der Waals surface area contributed by atoms with Crippen molar-refractivity contribution in [1.29, 1.82) is 0 Å². The van der Waals surface area contributed by atoms with Gasteiger partial charge in [-0.25, -0.2) is 0 Å². The van der Waals surface area contributed by atoms with Gasteiger partial charge in [0.15, 0.2) is 52.0 Å². The molecule has 0 bridgehead atoms. The molecule has 17 heteroatoms. The van der Waals surface area contributed by atoms with Gasteiger partial charge in [0.1, 0.15) is 0 Å². The largest absolute Gasteiger partial charge is 0.336 e. The predicted molar refractivity (Wildman–Crippen MR) is 415 cm³/mol. The van der Waals surface area contributed by atoms with E-state index in [9.17, 15) is 47.9 Å². The third kappa shape index (κ3) is 17.3. The minimum Gasteiger partial charge on any atom is -0.336 e. The summed E-state index contributed by atoms with van der Waals surface area (Å²) >= 11 is 0. The van der Waals surface area contributed by atoms with Gasteiger partial charge in [-0.15, -0.1) is 0 Å².